The summed E-state index contributed by atoms with van der Waals surface area (Å²) in [5, 5.41) is 0. The molecule has 0 aromatic heterocycles. The van der Waals surface area contributed by atoms with E-state index in [2.05, 4.69) is 0 Å². The Labute approximate surface area is 210 Å². The molecule has 0 radical (unpaired) electrons. The highest BCUT2D eigenvalue weighted by molar-refractivity contribution is 6.25. The lowest BCUT2D eigenvalue weighted by atomic mass is 10.00. The van der Waals surface area contributed by atoms with Gasteiger partial charge in [-0.15, -0.1) is 0 Å². The Kier molecular flexibility index (Phi) is 7.70. The number of imide groups is 1. The maximum absolute atomic E-state index is 13.2. The van der Waals surface area contributed by atoms with Crippen LogP contribution in [0.25, 0.3) is 11.6 Å². The molecule has 184 valence electrons. The molecule has 0 atom stereocenters. The zero-order valence-electron chi connectivity index (χ0n) is 20.4. The molecule has 1 heterocycles. The number of carbonyl (C=O) groups excluding carboxylic acids is 2. The Balaban J connectivity index is 1.47. The monoisotopic (exact) mass is 485 g/mol. The van der Waals surface area contributed by atoms with Crippen molar-refractivity contribution in [2.24, 2.45) is 0 Å². The fourth-order valence-corrected chi connectivity index (χ4v) is 3.91. The van der Waals surface area contributed by atoms with E-state index < -0.39 is 5.91 Å². The molecule has 3 aromatic carbocycles. The van der Waals surface area contributed by atoms with Crippen LogP contribution in [0.5, 0.6) is 28.7 Å². The third-order valence-electron chi connectivity index (χ3n) is 5.69. The van der Waals surface area contributed by atoms with Crippen LogP contribution < -0.4 is 18.9 Å². The second-order valence-corrected chi connectivity index (χ2v) is 7.93. The maximum atomic E-state index is 13.2. The first kappa shape index (κ1) is 24.6. The van der Waals surface area contributed by atoms with E-state index in [9.17, 15) is 9.59 Å². The molecular weight excluding hydrogens is 458 g/mol. The third-order valence-corrected chi connectivity index (χ3v) is 5.69. The van der Waals surface area contributed by atoms with Gasteiger partial charge in [0.2, 0.25) is 5.75 Å². The quantitative estimate of drug-likeness (QED) is 0.400. The minimum Gasteiger partial charge on any atom is -0.493 e. The SMILES string of the molecule is COc1cc(/C=C/C(=O)N2CCC=C(c3ccc(Oc4ccccc4)cc3)C2=O)cc(OC)c1OC. The van der Waals surface area contributed by atoms with Crippen molar-refractivity contribution in [2.75, 3.05) is 27.9 Å². The lowest BCUT2D eigenvalue weighted by Crippen LogP contribution is -2.39. The van der Waals surface area contributed by atoms with Crippen molar-refractivity contribution in [3.8, 4) is 28.7 Å². The summed E-state index contributed by atoms with van der Waals surface area (Å²) in [7, 11) is 4.57. The van der Waals surface area contributed by atoms with Gasteiger partial charge in [0.1, 0.15) is 11.5 Å². The minimum absolute atomic E-state index is 0.315. The third kappa shape index (κ3) is 5.41. The van der Waals surface area contributed by atoms with Gasteiger partial charge in [0, 0.05) is 18.2 Å². The van der Waals surface area contributed by atoms with Crippen LogP contribution in [-0.4, -0.2) is 44.6 Å². The number of para-hydroxylation sites is 1. The molecule has 7 heteroatoms. The predicted molar refractivity (Wildman–Crippen MR) is 137 cm³/mol. The zero-order valence-corrected chi connectivity index (χ0v) is 20.4. The van der Waals surface area contributed by atoms with Crippen LogP contribution in [0.1, 0.15) is 17.5 Å². The molecule has 1 aliphatic rings. The summed E-state index contributed by atoms with van der Waals surface area (Å²) in [5.41, 5.74) is 1.89. The number of rotatable bonds is 8. The number of hydrogen-bond acceptors (Lipinski definition) is 6. The molecule has 0 spiro atoms. The van der Waals surface area contributed by atoms with E-state index >= 15 is 0 Å². The van der Waals surface area contributed by atoms with E-state index in [4.69, 9.17) is 18.9 Å². The largest absolute Gasteiger partial charge is 0.493 e. The van der Waals surface area contributed by atoms with E-state index in [0.717, 1.165) is 11.3 Å². The van der Waals surface area contributed by atoms with Crippen molar-refractivity contribution in [3.63, 3.8) is 0 Å². The molecular formula is C29H27NO6. The van der Waals surface area contributed by atoms with Crippen molar-refractivity contribution in [1.82, 2.24) is 4.90 Å². The molecule has 7 nitrogen and oxygen atoms in total. The van der Waals surface area contributed by atoms with E-state index in [1.165, 1.54) is 32.3 Å². The molecule has 0 N–H and O–H groups in total. The first-order chi connectivity index (χ1) is 17.5. The highest BCUT2D eigenvalue weighted by Gasteiger charge is 2.27. The van der Waals surface area contributed by atoms with Gasteiger partial charge in [-0.1, -0.05) is 36.4 Å². The molecule has 36 heavy (non-hydrogen) atoms. The van der Waals surface area contributed by atoms with Gasteiger partial charge in [-0.3, -0.25) is 14.5 Å². The smallest absolute Gasteiger partial charge is 0.261 e. The van der Waals surface area contributed by atoms with Crippen molar-refractivity contribution >= 4 is 23.5 Å². The molecule has 0 unspecified atom stereocenters. The highest BCUT2D eigenvalue weighted by Crippen LogP contribution is 2.38. The number of benzene rings is 3. The Hall–Kier alpha value is -4.52. The van der Waals surface area contributed by atoms with Crippen LogP contribution in [-0.2, 0) is 9.59 Å². The van der Waals surface area contributed by atoms with Crippen LogP contribution in [0.3, 0.4) is 0 Å². The molecule has 0 saturated heterocycles. The van der Waals surface area contributed by atoms with Gasteiger partial charge < -0.3 is 18.9 Å². The fraction of sp³-hybridized carbons (Fsp3) is 0.172. The van der Waals surface area contributed by atoms with Crippen molar-refractivity contribution in [2.45, 2.75) is 6.42 Å². The average molecular weight is 486 g/mol. The summed E-state index contributed by atoms with van der Waals surface area (Å²) in [6, 6.07) is 20.2. The molecule has 4 rings (SSSR count). The fourth-order valence-electron chi connectivity index (χ4n) is 3.91. The topological polar surface area (TPSA) is 74.3 Å². The first-order valence-corrected chi connectivity index (χ1v) is 11.4. The maximum Gasteiger partial charge on any atom is 0.261 e. The van der Waals surface area contributed by atoms with Crippen molar-refractivity contribution in [1.29, 1.82) is 0 Å². The van der Waals surface area contributed by atoms with Crippen molar-refractivity contribution in [3.05, 3.63) is 90.0 Å². The summed E-state index contributed by atoms with van der Waals surface area (Å²) in [5.74, 6) is 2.07. The van der Waals surface area contributed by atoms with Crippen LogP contribution in [0.15, 0.2) is 78.9 Å². The van der Waals surface area contributed by atoms with Gasteiger partial charge in [-0.25, -0.2) is 0 Å². The van der Waals surface area contributed by atoms with E-state index in [-0.39, 0.29) is 5.91 Å². The second-order valence-electron chi connectivity index (χ2n) is 7.93. The summed E-state index contributed by atoms with van der Waals surface area (Å²) in [6.45, 7) is 0.315. The van der Waals surface area contributed by atoms with Crippen LogP contribution >= 0.6 is 0 Å². The zero-order chi connectivity index (χ0) is 25.5. The van der Waals surface area contributed by atoms with Gasteiger partial charge in [0.05, 0.1) is 21.3 Å². The van der Waals surface area contributed by atoms with E-state index in [1.807, 2.05) is 60.7 Å². The number of amides is 2. The number of ether oxygens (including phenoxy) is 4. The first-order valence-electron chi connectivity index (χ1n) is 11.4. The summed E-state index contributed by atoms with van der Waals surface area (Å²) in [4.78, 5) is 27.3. The van der Waals surface area contributed by atoms with Gasteiger partial charge in [-0.05, 0) is 60.0 Å². The second kappa shape index (κ2) is 11.3. The van der Waals surface area contributed by atoms with Gasteiger partial charge in [0.25, 0.3) is 11.8 Å². The molecule has 0 aliphatic carbocycles. The predicted octanol–water partition coefficient (Wildman–Crippen LogP) is 5.36. The Morgan fingerprint density at radius 2 is 1.50 bits per heavy atom. The molecule has 2 amide bonds. The molecule has 0 bridgehead atoms. The summed E-state index contributed by atoms with van der Waals surface area (Å²) >= 11 is 0. The van der Waals surface area contributed by atoms with E-state index in [0.29, 0.717) is 47.1 Å². The van der Waals surface area contributed by atoms with Gasteiger partial charge in [-0.2, -0.15) is 0 Å². The average Bonchev–Trinajstić information content (AvgIpc) is 2.92. The Bertz CT molecular complexity index is 1270. The lowest BCUT2D eigenvalue weighted by Gasteiger charge is -2.24. The highest BCUT2D eigenvalue weighted by atomic mass is 16.5. The Morgan fingerprint density at radius 3 is 2.11 bits per heavy atom. The van der Waals surface area contributed by atoms with Gasteiger partial charge >= 0.3 is 0 Å². The normalized spacial score (nSPS) is 13.4. The number of nitrogens with zero attached hydrogens (tertiary/aromatic N) is 1. The number of carbonyl (C=O) groups is 2. The summed E-state index contributed by atoms with van der Waals surface area (Å²) in [6.07, 6.45) is 5.43. The number of methoxy groups -OCH3 is 3. The summed E-state index contributed by atoms with van der Waals surface area (Å²) < 4.78 is 21.9. The molecule has 3 aromatic rings. The minimum atomic E-state index is -0.400. The van der Waals surface area contributed by atoms with Gasteiger partial charge in [0.15, 0.2) is 11.5 Å². The Morgan fingerprint density at radius 1 is 0.861 bits per heavy atom. The molecule has 0 fully saturated rings. The van der Waals surface area contributed by atoms with Crippen molar-refractivity contribution < 1.29 is 28.5 Å². The van der Waals surface area contributed by atoms with Crippen LogP contribution in [0, 0.1) is 0 Å². The van der Waals surface area contributed by atoms with Crippen LogP contribution in [0.4, 0.5) is 0 Å². The number of hydrogen-bond donors (Lipinski definition) is 0. The molecule has 1 aliphatic heterocycles. The van der Waals surface area contributed by atoms with Crippen LogP contribution in [0.2, 0.25) is 0 Å². The van der Waals surface area contributed by atoms with E-state index in [1.54, 1.807) is 18.2 Å². The molecule has 0 saturated carbocycles. The lowest BCUT2D eigenvalue weighted by molar-refractivity contribution is -0.138. The standard InChI is InChI=1S/C29H27NO6/c1-33-25-18-20(19-26(34-2)28(25)35-3)11-16-27(31)30-17-7-10-24(29(30)32)21-12-14-23(15-13-21)36-22-8-5-4-6-9-22/h4-6,8-16,18-19H,7,17H2,1-3H3/b16-11+.